The number of halogens is 1. The molecule has 2 N–H and O–H groups in total. The molecule has 1 unspecified atom stereocenters. The second-order valence-corrected chi connectivity index (χ2v) is 5.62. The van der Waals surface area contributed by atoms with Crippen LogP contribution in [0.4, 0.5) is 10.1 Å². The van der Waals surface area contributed by atoms with Crippen molar-refractivity contribution in [1.29, 1.82) is 0 Å². The molecule has 1 amide bonds. The minimum Gasteiger partial charge on any atom is -0.494 e. The Hall–Kier alpha value is -2.56. The Labute approximate surface area is 134 Å². The highest BCUT2D eigenvalue weighted by Crippen LogP contribution is 2.26. The van der Waals surface area contributed by atoms with E-state index in [1.54, 1.807) is 18.2 Å². The number of methoxy groups -OCH3 is 1. The highest BCUT2D eigenvalue weighted by Gasteiger charge is 2.22. The zero-order chi connectivity index (χ0) is 16.2. The molecule has 0 bridgehead atoms. The molecule has 4 nitrogen and oxygen atoms in total. The summed E-state index contributed by atoms with van der Waals surface area (Å²) in [7, 11) is 1.45. The molecule has 0 aromatic heterocycles. The molecule has 5 heteroatoms. The predicted molar refractivity (Wildman–Crippen MR) is 87.1 cm³/mol. The first-order valence-corrected chi connectivity index (χ1v) is 7.59. The van der Waals surface area contributed by atoms with Crippen LogP contribution < -0.4 is 15.4 Å². The lowest BCUT2D eigenvalue weighted by molar-refractivity contribution is -0.119. The van der Waals surface area contributed by atoms with Crippen molar-refractivity contribution < 1.29 is 13.9 Å². The third-order valence-corrected chi connectivity index (χ3v) is 4.08. The topological polar surface area (TPSA) is 50.4 Å². The fourth-order valence-electron chi connectivity index (χ4n) is 2.79. The molecular weight excluding hydrogens is 295 g/mol. The van der Waals surface area contributed by atoms with Crippen LogP contribution in [-0.2, 0) is 11.3 Å². The number of nitrogens with one attached hydrogen (secondary N) is 2. The first-order chi connectivity index (χ1) is 11.2. The smallest absolute Gasteiger partial charge is 0.220 e. The normalized spacial score (nSPS) is 17.0. The predicted octanol–water partition coefficient (Wildman–Crippen LogP) is 3.05. The number of hydrogen-bond acceptors (Lipinski definition) is 3. The van der Waals surface area contributed by atoms with Crippen LogP contribution in [0.15, 0.2) is 42.5 Å². The van der Waals surface area contributed by atoms with Gasteiger partial charge in [0.2, 0.25) is 5.91 Å². The van der Waals surface area contributed by atoms with Gasteiger partial charge in [-0.15, -0.1) is 0 Å². The van der Waals surface area contributed by atoms with Gasteiger partial charge in [-0.2, -0.15) is 0 Å². The van der Waals surface area contributed by atoms with Crippen LogP contribution in [0, 0.1) is 5.82 Å². The number of carbonyl (C=O) groups is 1. The Morgan fingerprint density at radius 1 is 1.30 bits per heavy atom. The van der Waals surface area contributed by atoms with Crippen LogP contribution in [0.3, 0.4) is 0 Å². The first kappa shape index (κ1) is 15.3. The summed E-state index contributed by atoms with van der Waals surface area (Å²) in [6.07, 6.45) is 0.522. The van der Waals surface area contributed by atoms with Crippen LogP contribution in [0.25, 0.3) is 0 Å². The van der Waals surface area contributed by atoms with E-state index in [1.807, 2.05) is 24.3 Å². The molecule has 2 aromatic rings. The second kappa shape index (κ2) is 6.69. The van der Waals surface area contributed by atoms with E-state index in [0.717, 1.165) is 11.3 Å². The molecule has 1 heterocycles. The number of rotatable bonds is 5. The minimum absolute atomic E-state index is 0.0896. The molecule has 1 fully saturated rings. The lowest BCUT2D eigenvalue weighted by Crippen LogP contribution is -2.13. The van der Waals surface area contributed by atoms with Gasteiger partial charge in [0.1, 0.15) is 0 Å². The Morgan fingerprint density at radius 3 is 2.87 bits per heavy atom. The number of anilines is 1. The van der Waals surface area contributed by atoms with E-state index < -0.39 is 0 Å². The van der Waals surface area contributed by atoms with Gasteiger partial charge in [-0.05, 0) is 23.8 Å². The summed E-state index contributed by atoms with van der Waals surface area (Å²) in [4.78, 5) is 11.3. The van der Waals surface area contributed by atoms with Gasteiger partial charge >= 0.3 is 0 Å². The zero-order valence-electron chi connectivity index (χ0n) is 12.9. The van der Waals surface area contributed by atoms with Gasteiger partial charge in [0.05, 0.1) is 7.11 Å². The van der Waals surface area contributed by atoms with Crippen LogP contribution in [0.2, 0.25) is 0 Å². The van der Waals surface area contributed by atoms with Crippen molar-refractivity contribution in [3.63, 3.8) is 0 Å². The fraction of sp³-hybridized carbons (Fsp3) is 0.278. The molecule has 2 aromatic carbocycles. The Morgan fingerprint density at radius 2 is 2.13 bits per heavy atom. The highest BCUT2D eigenvalue weighted by atomic mass is 19.1. The number of carbonyl (C=O) groups excluding carboxylic acids is 1. The lowest BCUT2D eigenvalue weighted by atomic mass is 9.98. The standard InChI is InChI=1S/C18H19FN2O2/c1-23-16-7-3-5-13(18(16)19)10-20-15-6-2-4-12(8-15)14-9-17(22)21-11-14/h2-8,14,20H,9-11H2,1H3,(H,21,22). The molecule has 0 aliphatic carbocycles. The molecular formula is C18H19FN2O2. The average molecular weight is 314 g/mol. The van der Waals surface area contributed by atoms with E-state index in [4.69, 9.17) is 4.74 Å². The van der Waals surface area contributed by atoms with Gasteiger partial charge in [-0.1, -0.05) is 24.3 Å². The maximum atomic E-state index is 14.1. The molecule has 0 radical (unpaired) electrons. The third kappa shape index (κ3) is 3.44. The Kier molecular flexibility index (Phi) is 4.46. The highest BCUT2D eigenvalue weighted by molar-refractivity contribution is 5.79. The summed E-state index contributed by atoms with van der Waals surface area (Å²) >= 11 is 0. The summed E-state index contributed by atoms with van der Waals surface area (Å²) in [6.45, 7) is 1.04. The van der Waals surface area contributed by atoms with E-state index in [0.29, 0.717) is 25.1 Å². The number of benzene rings is 2. The molecule has 23 heavy (non-hydrogen) atoms. The van der Waals surface area contributed by atoms with Crippen LogP contribution in [0.5, 0.6) is 5.75 Å². The molecule has 1 aliphatic heterocycles. The van der Waals surface area contributed by atoms with E-state index in [-0.39, 0.29) is 23.4 Å². The molecule has 1 aliphatic rings. The van der Waals surface area contributed by atoms with E-state index >= 15 is 0 Å². The number of amides is 1. The summed E-state index contributed by atoms with van der Waals surface area (Å²) in [6, 6.07) is 13.0. The van der Waals surface area contributed by atoms with Gasteiger partial charge in [0.25, 0.3) is 0 Å². The van der Waals surface area contributed by atoms with Crippen LogP contribution in [0.1, 0.15) is 23.5 Å². The Balaban J connectivity index is 1.70. The van der Waals surface area contributed by atoms with E-state index in [2.05, 4.69) is 10.6 Å². The van der Waals surface area contributed by atoms with Crippen molar-refractivity contribution in [3.05, 3.63) is 59.4 Å². The first-order valence-electron chi connectivity index (χ1n) is 7.59. The van der Waals surface area contributed by atoms with Gasteiger partial charge < -0.3 is 15.4 Å². The molecule has 3 rings (SSSR count). The van der Waals surface area contributed by atoms with E-state index in [1.165, 1.54) is 7.11 Å². The number of hydrogen-bond donors (Lipinski definition) is 2. The fourth-order valence-corrected chi connectivity index (χ4v) is 2.79. The largest absolute Gasteiger partial charge is 0.494 e. The van der Waals surface area contributed by atoms with Gasteiger partial charge in [0.15, 0.2) is 11.6 Å². The molecule has 120 valence electrons. The maximum absolute atomic E-state index is 14.1. The zero-order valence-corrected chi connectivity index (χ0v) is 12.9. The van der Waals surface area contributed by atoms with Crippen molar-refractivity contribution in [3.8, 4) is 5.75 Å². The number of ether oxygens (including phenoxy) is 1. The maximum Gasteiger partial charge on any atom is 0.220 e. The van der Waals surface area contributed by atoms with Crippen LogP contribution >= 0.6 is 0 Å². The van der Waals surface area contributed by atoms with Crippen molar-refractivity contribution in [2.75, 3.05) is 19.0 Å². The van der Waals surface area contributed by atoms with Gasteiger partial charge in [0, 0.05) is 36.7 Å². The molecule has 0 saturated carbocycles. The lowest BCUT2D eigenvalue weighted by Gasteiger charge is -2.12. The molecule has 1 saturated heterocycles. The summed E-state index contributed by atoms with van der Waals surface area (Å²) < 4.78 is 19.1. The minimum atomic E-state index is -0.343. The van der Waals surface area contributed by atoms with Gasteiger partial charge in [-0.3, -0.25) is 4.79 Å². The SMILES string of the molecule is COc1cccc(CNc2cccc(C3CNC(=O)C3)c2)c1F. The average Bonchev–Trinajstić information content (AvgIpc) is 3.01. The van der Waals surface area contributed by atoms with Gasteiger partial charge in [-0.25, -0.2) is 4.39 Å². The van der Waals surface area contributed by atoms with Crippen molar-refractivity contribution in [1.82, 2.24) is 5.32 Å². The summed E-state index contributed by atoms with van der Waals surface area (Å²) in [5.74, 6) is 0.197. The quantitative estimate of drug-likeness (QED) is 0.892. The summed E-state index contributed by atoms with van der Waals surface area (Å²) in [5.41, 5.74) is 2.57. The third-order valence-electron chi connectivity index (χ3n) is 4.08. The van der Waals surface area contributed by atoms with Crippen molar-refractivity contribution >= 4 is 11.6 Å². The molecule has 1 atom stereocenters. The van der Waals surface area contributed by atoms with Crippen molar-refractivity contribution in [2.45, 2.75) is 18.9 Å². The second-order valence-electron chi connectivity index (χ2n) is 5.62. The van der Waals surface area contributed by atoms with Crippen molar-refractivity contribution in [2.24, 2.45) is 0 Å². The Bertz CT molecular complexity index is 718. The van der Waals surface area contributed by atoms with Crippen LogP contribution in [-0.4, -0.2) is 19.6 Å². The summed E-state index contributed by atoms with van der Waals surface area (Å²) in [5, 5.41) is 6.07. The monoisotopic (exact) mass is 314 g/mol. The van der Waals surface area contributed by atoms with E-state index in [9.17, 15) is 9.18 Å². The molecule has 0 spiro atoms.